The van der Waals surface area contributed by atoms with Crippen LogP contribution in [0.1, 0.15) is 20.3 Å². The number of aromatic nitrogens is 1. The summed E-state index contributed by atoms with van der Waals surface area (Å²) in [6.07, 6.45) is 4.61. The summed E-state index contributed by atoms with van der Waals surface area (Å²) in [4.78, 5) is 0. The number of aliphatic hydroxyl groups is 1. The SMILES string of the molecule is CC(C)CC(O)Cn1cccc1. The molecule has 0 aromatic carbocycles. The molecule has 68 valence electrons. The van der Waals surface area contributed by atoms with Gasteiger partial charge in [0.15, 0.2) is 0 Å². The molecule has 0 radical (unpaired) electrons. The van der Waals surface area contributed by atoms with Crippen molar-refractivity contribution in [2.75, 3.05) is 0 Å². The summed E-state index contributed by atoms with van der Waals surface area (Å²) in [6, 6.07) is 3.95. The molecule has 0 aliphatic rings. The molecule has 1 N–H and O–H groups in total. The minimum absolute atomic E-state index is 0.211. The topological polar surface area (TPSA) is 25.2 Å². The lowest BCUT2D eigenvalue weighted by Gasteiger charge is -2.13. The van der Waals surface area contributed by atoms with Crippen molar-refractivity contribution >= 4 is 0 Å². The lowest BCUT2D eigenvalue weighted by Crippen LogP contribution is -2.16. The highest BCUT2D eigenvalue weighted by Gasteiger charge is 2.06. The Balaban J connectivity index is 2.32. The molecule has 0 amide bonds. The maximum absolute atomic E-state index is 9.57. The van der Waals surface area contributed by atoms with Crippen LogP contribution < -0.4 is 0 Å². The van der Waals surface area contributed by atoms with Crippen molar-refractivity contribution in [1.29, 1.82) is 0 Å². The van der Waals surface area contributed by atoms with Crippen LogP contribution in [0.2, 0.25) is 0 Å². The molecule has 1 aromatic rings. The van der Waals surface area contributed by atoms with Crippen LogP contribution in [0.4, 0.5) is 0 Å². The second kappa shape index (κ2) is 4.31. The Morgan fingerprint density at radius 3 is 2.33 bits per heavy atom. The Labute approximate surface area is 73.8 Å². The molecule has 0 aliphatic carbocycles. The summed E-state index contributed by atoms with van der Waals surface area (Å²) in [5.74, 6) is 0.565. The third kappa shape index (κ3) is 3.09. The first-order chi connectivity index (χ1) is 5.68. The summed E-state index contributed by atoms with van der Waals surface area (Å²) in [6.45, 7) is 4.96. The zero-order valence-electron chi connectivity index (χ0n) is 7.77. The average Bonchev–Trinajstić information content (AvgIpc) is 2.37. The van der Waals surface area contributed by atoms with E-state index < -0.39 is 0 Å². The molecule has 1 unspecified atom stereocenters. The molecule has 0 bridgehead atoms. The fourth-order valence-corrected chi connectivity index (χ4v) is 1.35. The van der Waals surface area contributed by atoms with Crippen LogP contribution in [-0.4, -0.2) is 15.8 Å². The van der Waals surface area contributed by atoms with E-state index in [4.69, 9.17) is 0 Å². The highest BCUT2D eigenvalue weighted by molar-refractivity contribution is 4.90. The summed E-state index contributed by atoms with van der Waals surface area (Å²) >= 11 is 0. The summed E-state index contributed by atoms with van der Waals surface area (Å²) in [5.41, 5.74) is 0. The van der Waals surface area contributed by atoms with Gasteiger partial charge < -0.3 is 9.67 Å². The Kier molecular flexibility index (Phi) is 3.35. The maximum atomic E-state index is 9.57. The lowest BCUT2D eigenvalue weighted by atomic mass is 10.1. The van der Waals surface area contributed by atoms with Gasteiger partial charge in [0.1, 0.15) is 0 Å². The lowest BCUT2D eigenvalue weighted by molar-refractivity contribution is 0.130. The van der Waals surface area contributed by atoms with Gasteiger partial charge in [-0.15, -0.1) is 0 Å². The molecule has 12 heavy (non-hydrogen) atoms. The molecule has 2 nitrogen and oxygen atoms in total. The van der Waals surface area contributed by atoms with Gasteiger partial charge in [0.25, 0.3) is 0 Å². The normalized spacial score (nSPS) is 13.7. The minimum Gasteiger partial charge on any atom is -0.391 e. The number of rotatable bonds is 4. The fraction of sp³-hybridized carbons (Fsp3) is 0.600. The van der Waals surface area contributed by atoms with Gasteiger partial charge in [-0.2, -0.15) is 0 Å². The van der Waals surface area contributed by atoms with Crippen molar-refractivity contribution in [1.82, 2.24) is 4.57 Å². The molecule has 1 atom stereocenters. The second-order valence-electron chi connectivity index (χ2n) is 3.66. The zero-order chi connectivity index (χ0) is 8.97. The van der Waals surface area contributed by atoms with E-state index in [9.17, 15) is 5.11 Å². The van der Waals surface area contributed by atoms with Crippen LogP contribution >= 0.6 is 0 Å². The standard InChI is InChI=1S/C10H17NO/c1-9(2)7-10(12)8-11-5-3-4-6-11/h3-6,9-10,12H,7-8H2,1-2H3. The van der Waals surface area contributed by atoms with Gasteiger partial charge in [-0.3, -0.25) is 0 Å². The van der Waals surface area contributed by atoms with Gasteiger partial charge in [0.2, 0.25) is 0 Å². The third-order valence-electron chi connectivity index (χ3n) is 1.83. The zero-order valence-corrected chi connectivity index (χ0v) is 7.77. The van der Waals surface area contributed by atoms with E-state index in [1.165, 1.54) is 0 Å². The smallest absolute Gasteiger partial charge is 0.0721 e. The van der Waals surface area contributed by atoms with Gasteiger partial charge in [-0.1, -0.05) is 13.8 Å². The van der Waals surface area contributed by atoms with E-state index in [0.717, 1.165) is 6.42 Å². The molecular formula is C10H17NO. The predicted molar refractivity (Wildman–Crippen MR) is 49.9 cm³/mol. The van der Waals surface area contributed by atoms with Gasteiger partial charge in [-0.25, -0.2) is 0 Å². The van der Waals surface area contributed by atoms with Gasteiger partial charge in [0, 0.05) is 18.9 Å². The van der Waals surface area contributed by atoms with Crippen LogP contribution in [0.15, 0.2) is 24.5 Å². The first kappa shape index (κ1) is 9.33. The highest BCUT2D eigenvalue weighted by atomic mass is 16.3. The number of hydrogen-bond donors (Lipinski definition) is 1. The molecule has 2 heteroatoms. The van der Waals surface area contributed by atoms with Crippen molar-refractivity contribution in [2.24, 2.45) is 5.92 Å². The molecule has 0 spiro atoms. The van der Waals surface area contributed by atoms with Crippen LogP contribution in [0.3, 0.4) is 0 Å². The largest absolute Gasteiger partial charge is 0.391 e. The molecule has 1 rings (SSSR count). The van der Waals surface area contributed by atoms with Crippen molar-refractivity contribution < 1.29 is 5.11 Å². The molecule has 0 aliphatic heterocycles. The average molecular weight is 167 g/mol. The number of hydrogen-bond acceptors (Lipinski definition) is 1. The van der Waals surface area contributed by atoms with E-state index in [2.05, 4.69) is 13.8 Å². The minimum atomic E-state index is -0.211. The Morgan fingerprint density at radius 1 is 1.25 bits per heavy atom. The van der Waals surface area contributed by atoms with E-state index >= 15 is 0 Å². The van der Waals surface area contributed by atoms with Crippen molar-refractivity contribution in [2.45, 2.75) is 32.9 Å². The Bertz CT molecular complexity index is 204. The van der Waals surface area contributed by atoms with Gasteiger partial charge >= 0.3 is 0 Å². The molecule has 1 aromatic heterocycles. The Hall–Kier alpha value is -0.760. The van der Waals surface area contributed by atoms with Crippen molar-refractivity contribution in [3.05, 3.63) is 24.5 Å². The van der Waals surface area contributed by atoms with Gasteiger partial charge in [0.05, 0.1) is 6.10 Å². The quantitative estimate of drug-likeness (QED) is 0.728. The first-order valence-corrected chi connectivity index (χ1v) is 4.47. The fourth-order valence-electron chi connectivity index (χ4n) is 1.35. The van der Waals surface area contributed by atoms with E-state index in [0.29, 0.717) is 12.5 Å². The van der Waals surface area contributed by atoms with E-state index in [-0.39, 0.29) is 6.10 Å². The summed E-state index contributed by atoms with van der Waals surface area (Å²) < 4.78 is 2.01. The highest BCUT2D eigenvalue weighted by Crippen LogP contribution is 2.06. The van der Waals surface area contributed by atoms with E-state index in [1.54, 1.807) is 0 Å². The maximum Gasteiger partial charge on any atom is 0.0721 e. The van der Waals surface area contributed by atoms with Crippen LogP contribution in [-0.2, 0) is 6.54 Å². The van der Waals surface area contributed by atoms with Crippen LogP contribution in [0.5, 0.6) is 0 Å². The van der Waals surface area contributed by atoms with Crippen LogP contribution in [0, 0.1) is 5.92 Å². The second-order valence-corrected chi connectivity index (χ2v) is 3.66. The first-order valence-electron chi connectivity index (χ1n) is 4.47. The molecule has 1 heterocycles. The van der Waals surface area contributed by atoms with Crippen molar-refractivity contribution in [3.8, 4) is 0 Å². The van der Waals surface area contributed by atoms with Gasteiger partial charge in [-0.05, 0) is 24.5 Å². The molecular weight excluding hydrogens is 150 g/mol. The number of nitrogens with zero attached hydrogens (tertiary/aromatic N) is 1. The van der Waals surface area contributed by atoms with E-state index in [1.807, 2.05) is 29.1 Å². The molecule has 0 saturated heterocycles. The van der Waals surface area contributed by atoms with Crippen molar-refractivity contribution in [3.63, 3.8) is 0 Å². The Morgan fingerprint density at radius 2 is 1.83 bits per heavy atom. The summed E-state index contributed by atoms with van der Waals surface area (Å²) in [7, 11) is 0. The number of aliphatic hydroxyl groups excluding tert-OH is 1. The molecule has 0 fully saturated rings. The van der Waals surface area contributed by atoms with Crippen LogP contribution in [0.25, 0.3) is 0 Å². The predicted octanol–water partition coefficient (Wildman–Crippen LogP) is 1.90. The molecule has 0 saturated carbocycles. The monoisotopic (exact) mass is 167 g/mol. The summed E-state index contributed by atoms with van der Waals surface area (Å²) in [5, 5.41) is 9.57. The third-order valence-corrected chi connectivity index (χ3v) is 1.83.